The second-order valence-corrected chi connectivity index (χ2v) is 6.02. The highest BCUT2D eigenvalue weighted by Gasteiger charge is 2.09. The Bertz CT molecular complexity index is 581. The standard InChI is InChI=1S/C16H22N2O2S/c1-11(2)16-18-13(10-21-16)9-20-15-8-14(19-3)5-4-12(15)6-7-17/h4-5,8,10-11H,6-7,9,17H2,1-3H3. The lowest BCUT2D eigenvalue weighted by molar-refractivity contribution is 0.296. The summed E-state index contributed by atoms with van der Waals surface area (Å²) in [5.74, 6) is 2.05. The molecule has 1 aromatic heterocycles. The first-order valence-electron chi connectivity index (χ1n) is 7.08. The highest BCUT2D eigenvalue weighted by atomic mass is 32.1. The van der Waals surface area contributed by atoms with E-state index in [2.05, 4.69) is 24.2 Å². The average molecular weight is 306 g/mol. The maximum absolute atomic E-state index is 5.92. The van der Waals surface area contributed by atoms with Gasteiger partial charge in [0.15, 0.2) is 0 Å². The molecule has 0 radical (unpaired) electrons. The fourth-order valence-corrected chi connectivity index (χ4v) is 2.78. The molecule has 5 heteroatoms. The van der Waals surface area contributed by atoms with Gasteiger partial charge in [-0.1, -0.05) is 19.9 Å². The molecule has 0 aliphatic heterocycles. The van der Waals surface area contributed by atoms with E-state index in [0.29, 0.717) is 19.1 Å². The van der Waals surface area contributed by atoms with Gasteiger partial charge in [-0.15, -0.1) is 11.3 Å². The van der Waals surface area contributed by atoms with E-state index >= 15 is 0 Å². The van der Waals surface area contributed by atoms with Gasteiger partial charge in [-0.25, -0.2) is 4.98 Å². The normalized spacial score (nSPS) is 10.9. The van der Waals surface area contributed by atoms with Gasteiger partial charge in [0.1, 0.15) is 18.1 Å². The molecule has 21 heavy (non-hydrogen) atoms. The molecule has 0 amide bonds. The summed E-state index contributed by atoms with van der Waals surface area (Å²) in [5.41, 5.74) is 7.70. The van der Waals surface area contributed by atoms with Gasteiger partial charge in [0.2, 0.25) is 0 Å². The molecular formula is C16H22N2O2S. The van der Waals surface area contributed by atoms with Crippen molar-refractivity contribution in [2.45, 2.75) is 32.8 Å². The zero-order chi connectivity index (χ0) is 15.2. The van der Waals surface area contributed by atoms with E-state index in [9.17, 15) is 0 Å². The Balaban J connectivity index is 2.09. The van der Waals surface area contributed by atoms with Gasteiger partial charge in [0.05, 0.1) is 17.8 Å². The number of rotatable bonds is 7. The van der Waals surface area contributed by atoms with Crippen molar-refractivity contribution in [1.82, 2.24) is 4.98 Å². The molecule has 0 bridgehead atoms. The fourth-order valence-electron chi connectivity index (χ4n) is 1.96. The van der Waals surface area contributed by atoms with Gasteiger partial charge in [-0.3, -0.25) is 0 Å². The molecule has 4 nitrogen and oxygen atoms in total. The summed E-state index contributed by atoms with van der Waals surface area (Å²) in [6.07, 6.45) is 0.785. The minimum absolute atomic E-state index is 0.452. The SMILES string of the molecule is COc1ccc(CCN)c(OCc2csc(C(C)C)n2)c1. The van der Waals surface area contributed by atoms with Gasteiger partial charge in [0.25, 0.3) is 0 Å². The summed E-state index contributed by atoms with van der Waals surface area (Å²) in [5, 5.41) is 3.19. The van der Waals surface area contributed by atoms with Crippen molar-refractivity contribution < 1.29 is 9.47 Å². The lowest BCUT2D eigenvalue weighted by Gasteiger charge is -2.12. The minimum atomic E-state index is 0.452. The molecule has 0 saturated heterocycles. The van der Waals surface area contributed by atoms with Gasteiger partial charge >= 0.3 is 0 Å². The number of benzene rings is 1. The number of methoxy groups -OCH3 is 1. The first-order chi connectivity index (χ1) is 10.1. The highest BCUT2D eigenvalue weighted by Crippen LogP contribution is 2.26. The van der Waals surface area contributed by atoms with Crippen LogP contribution in [0.3, 0.4) is 0 Å². The molecule has 2 N–H and O–H groups in total. The molecule has 2 aromatic rings. The van der Waals surface area contributed by atoms with Crippen molar-refractivity contribution in [3.8, 4) is 11.5 Å². The Morgan fingerprint density at radius 3 is 2.76 bits per heavy atom. The van der Waals surface area contributed by atoms with E-state index in [1.54, 1.807) is 18.4 Å². The minimum Gasteiger partial charge on any atom is -0.497 e. The van der Waals surface area contributed by atoms with Crippen molar-refractivity contribution >= 4 is 11.3 Å². The zero-order valence-corrected chi connectivity index (χ0v) is 13.6. The monoisotopic (exact) mass is 306 g/mol. The smallest absolute Gasteiger partial charge is 0.131 e. The van der Waals surface area contributed by atoms with E-state index < -0.39 is 0 Å². The van der Waals surface area contributed by atoms with Gasteiger partial charge < -0.3 is 15.2 Å². The molecular weight excluding hydrogens is 284 g/mol. The first kappa shape index (κ1) is 15.8. The quantitative estimate of drug-likeness (QED) is 0.852. The van der Waals surface area contributed by atoms with Crippen LogP contribution in [0.2, 0.25) is 0 Å². The summed E-state index contributed by atoms with van der Waals surface area (Å²) < 4.78 is 11.2. The predicted molar refractivity (Wildman–Crippen MR) is 86.3 cm³/mol. The number of hydrogen-bond acceptors (Lipinski definition) is 5. The molecule has 1 heterocycles. The third-order valence-electron chi connectivity index (χ3n) is 3.13. The van der Waals surface area contributed by atoms with Gasteiger partial charge in [0, 0.05) is 17.4 Å². The molecule has 0 unspecified atom stereocenters. The number of nitrogens with zero attached hydrogens (tertiary/aromatic N) is 1. The van der Waals surface area contributed by atoms with Crippen molar-refractivity contribution in [2.24, 2.45) is 5.73 Å². The molecule has 0 saturated carbocycles. The third kappa shape index (κ3) is 4.19. The Kier molecular flexibility index (Phi) is 5.59. The Hall–Kier alpha value is -1.59. The van der Waals surface area contributed by atoms with Crippen LogP contribution in [0, 0.1) is 0 Å². The number of nitrogens with two attached hydrogens (primary N) is 1. The maximum Gasteiger partial charge on any atom is 0.131 e. The summed E-state index contributed by atoms with van der Waals surface area (Å²) in [6, 6.07) is 5.83. The molecule has 114 valence electrons. The van der Waals surface area contributed by atoms with Crippen molar-refractivity contribution in [3.05, 3.63) is 39.8 Å². The van der Waals surface area contributed by atoms with E-state index in [1.165, 1.54) is 0 Å². The van der Waals surface area contributed by atoms with Crippen molar-refractivity contribution in [3.63, 3.8) is 0 Å². The predicted octanol–water partition coefficient (Wildman–Crippen LogP) is 3.36. The average Bonchev–Trinajstić information content (AvgIpc) is 2.95. The van der Waals surface area contributed by atoms with E-state index in [0.717, 1.165) is 34.2 Å². The Morgan fingerprint density at radius 2 is 2.14 bits per heavy atom. The van der Waals surface area contributed by atoms with Crippen LogP contribution in [0.4, 0.5) is 0 Å². The lowest BCUT2D eigenvalue weighted by atomic mass is 10.1. The summed E-state index contributed by atoms with van der Waals surface area (Å²) in [7, 11) is 1.65. The van der Waals surface area contributed by atoms with Crippen LogP contribution in [0.5, 0.6) is 11.5 Å². The summed E-state index contributed by atoms with van der Waals surface area (Å²) >= 11 is 1.68. The van der Waals surface area contributed by atoms with Crippen LogP contribution in [0.15, 0.2) is 23.6 Å². The number of hydrogen-bond donors (Lipinski definition) is 1. The molecule has 0 spiro atoms. The maximum atomic E-state index is 5.92. The summed E-state index contributed by atoms with van der Waals surface area (Å²) in [6.45, 7) is 5.35. The van der Waals surface area contributed by atoms with Crippen molar-refractivity contribution in [1.29, 1.82) is 0 Å². The van der Waals surface area contributed by atoms with Crippen LogP contribution >= 0.6 is 11.3 Å². The van der Waals surface area contributed by atoms with Crippen LogP contribution < -0.4 is 15.2 Å². The topological polar surface area (TPSA) is 57.4 Å². The van der Waals surface area contributed by atoms with E-state index in [4.69, 9.17) is 15.2 Å². The van der Waals surface area contributed by atoms with Crippen LogP contribution in [0.1, 0.15) is 36.0 Å². The third-order valence-corrected chi connectivity index (χ3v) is 4.32. The Labute approximate surface area is 129 Å². The number of aromatic nitrogens is 1. The van der Waals surface area contributed by atoms with Crippen LogP contribution in [0.25, 0.3) is 0 Å². The Morgan fingerprint density at radius 1 is 1.33 bits per heavy atom. The van der Waals surface area contributed by atoms with E-state index in [-0.39, 0.29) is 0 Å². The zero-order valence-electron chi connectivity index (χ0n) is 12.8. The number of ether oxygens (including phenoxy) is 2. The van der Waals surface area contributed by atoms with Crippen molar-refractivity contribution in [2.75, 3.05) is 13.7 Å². The second kappa shape index (κ2) is 7.43. The van der Waals surface area contributed by atoms with E-state index in [1.807, 2.05) is 18.2 Å². The largest absolute Gasteiger partial charge is 0.497 e. The number of thiazole rings is 1. The van der Waals surface area contributed by atoms with Crippen LogP contribution in [-0.2, 0) is 13.0 Å². The molecule has 2 rings (SSSR count). The molecule has 1 aromatic carbocycles. The summed E-state index contributed by atoms with van der Waals surface area (Å²) in [4.78, 5) is 4.58. The highest BCUT2D eigenvalue weighted by molar-refractivity contribution is 7.09. The van der Waals surface area contributed by atoms with Crippen LogP contribution in [-0.4, -0.2) is 18.6 Å². The molecule has 0 aliphatic rings. The molecule has 0 atom stereocenters. The van der Waals surface area contributed by atoms with Gasteiger partial charge in [-0.2, -0.15) is 0 Å². The molecule has 0 aliphatic carbocycles. The van der Waals surface area contributed by atoms with Gasteiger partial charge in [-0.05, 0) is 24.6 Å². The fraction of sp³-hybridized carbons (Fsp3) is 0.438. The lowest BCUT2D eigenvalue weighted by Crippen LogP contribution is -2.06. The second-order valence-electron chi connectivity index (χ2n) is 5.13. The molecule has 0 fully saturated rings. The first-order valence-corrected chi connectivity index (χ1v) is 7.96.